The zero-order valence-electron chi connectivity index (χ0n) is 20.6. The lowest BCUT2D eigenvalue weighted by atomic mass is 10.0. The summed E-state index contributed by atoms with van der Waals surface area (Å²) in [6.07, 6.45) is 0. The van der Waals surface area contributed by atoms with Gasteiger partial charge in [0.25, 0.3) is 0 Å². The monoisotopic (exact) mass is 472 g/mol. The van der Waals surface area contributed by atoms with Crippen LogP contribution in [0.4, 0.5) is 11.4 Å². The first kappa shape index (κ1) is 27.5. The lowest BCUT2D eigenvalue weighted by Gasteiger charge is -2.24. The molecule has 0 bridgehead atoms. The highest BCUT2D eigenvalue weighted by Crippen LogP contribution is 2.19. The molecule has 2 aromatic rings. The van der Waals surface area contributed by atoms with E-state index in [1.54, 1.807) is 52.7 Å². The number of hydrogen-bond donors (Lipinski definition) is 0. The van der Waals surface area contributed by atoms with Gasteiger partial charge in [0.1, 0.15) is 0 Å². The van der Waals surface area contributed by atoms with Crippen molar-refractivity contribution >= 4 is 22.9 Å². The van der Waals surface area contributed by atoms with Crippen molar-refractivity contribution in [2.75, 3.05) is 90.8 Å². The predicted octanol–water partition coefficient (Wildman–Crippen LogP) is 2.95. The Balaban J connectivity index is 2.09. The minimum atomic E-state index is -0.532. The highest BCUT2D eigenvalue weighted by molar-refractivity contribution is 6.49. The molecule has 0 fully saturated rings. The van der Waals surface area contributed by atoms with E-state index in [2.05, 4.69) is 9.80 Å². The van der Waals surface area contributed by atoms with E-state index >= 15 is 0 Å². The highest BCUT2D eigenvalue weighted by Gasteiger charge is 2.19. The molecule has 0 aliphatic carbocycles. The van der Waals surface area contributed by atoms with Crippen LogP contribution in [0.2, 0.25) is 0 Å². The van der Waals surface area contributed by atoms with Gasteiger partial charge in [-0.25, -0.2) is 0 Å². The Morgan fingerprint density at radius 3 is 1.03 bits per heavy atom. The summed E-state index contributed by atoms with van der Waals surface area (Å²) in [4.78, 5) is 29.9. The topological polar surface area (TPSA) is 77.5 Å². The number of benzene rings is 2. The first-order valence-corrected chi connectivity index (χ1v) is 11.3. The van der Waals surface area contributed by atoms with Gasteiger partial charge in [0, 0.05) is 77.1 Å². The number of anilines is 2. The summed E-state index contributed by atoms with van der Waals surface area (Å²) in [5.41, 5.74) is 2.60. The number of hydrogen-bond acceptors (Lipinski definition) is 8. The van der Waals surface area contributed by atoms with Crippen molar-refractivity contribution in [1.29, 1.82) is 0 Å². The predicted molar refractivity (Wildman–Crippen MR) is 133 cm³/mol. The molecule has 0 aromatic heterocycles. The average Bonchev–Trinajstić information content (AvgIpc) is 2.88. The zero-order valence-corrected chi connectivity index (χ0v) is 20.6. The van der Waals surface area contributed by atoms with E-state index in [4.69, 9.17) is 18.9 Å². The molecule has 8 nitrogen and oxygen atoms in total. The highest BCUT2D eigenvalue weighted by atomic mass is 16.5. The van der Waals surface area contributed by atoms with E-state index in [9.17, 15) is 9.59 Å². The third kappa shape index (κ3) is 8.22. The van der Waals surface area contributed by atoms with Gasteiger partial charge in [0.05, 0.1) is 26.4 Å². The first-order chi connectivity index (χ1) is 16.5. The van der Waals surface area contributed by atoms with Crippen molar-refractivity contribution in [2.24, 2.45) is 0 Å². The van der Waals surface area contributed by atoms with Crippen LogP contribution < -0.4 is 9.80 Å². The summed E-state index contributed by atoms with van der Waals surface area (Å²) in [6, 6.07) is 14.1. The van der Waals surface area contributed by atoms with Gasteiger partial charge in [0.2, 0.25) is 11.6 Å². The Labute approximate surface area is 202 Å². The molecule has 0 aliphatic rings. The summed E-state index contributed by atoms with van der Waals surface area (Å²) in [7, 11) is 6.63. The molecule has 2 rings (SSSR count). The molecule has 0 N–H and O–H groups in total. The Morgan fingerprint density at radius 2 is 0.794 bits per heavy atom. The molecule has 0 atom stereocenters. The Hall–Kier alpha value is -2.78. The fourth-order valence-electron chi connectivity index (χ4n) is 3.46. The molecule has 2 aromatic carbocycles. The molecule has 8 heteroatoms. The van der Waals surface area contributed by atoms with Crippen LogP contribution in [0.3, 0.4) is 0 Å². The molecule has 0 saturated carbocycles. The fraction of sp³-hybridized carbons (Fsp3) is 0.462. The number of carbonyl (C=O) groups is 2. The lowest BCUT2D eigenvalue weighted by molar-refractivity contribution is 0.0817. The van der Waals surface area contributed by atoms with Gasteiger partial charge < -0.3 is 28.7 Å². The average molecular weight is 473 g/mol. The fourth-order valence-corrected chi connectivity index (χ4v) is 3.46. The maximum Gasteiger partial charge on any atom is 0.233 e. The van der Waals surface area contributed by atoms with Crippen molar-refractivity contribution in [2.45, 2.75) is 0 Å². The molecular formula is C26H36N2O6. The molecule has 0 spiro atoms. The molecule has 0 saturated heterocycles. The summed E-state index contributed by atoms with van der Waals surface area (Å²) in [5.74, 6) is -1.06. The van der Waals surface area contributed by atoms with Crippen LogP contribution in [0.25, 0.3) is 0 Å². The van der Waals surface area contributed by atoms with Crippen molar-refractivity contribution in [3.05, 3.63) is 59.7 Å². The number of carbonyl (C=O) groups excluding carboxylic acids is 2. The number of nitrogens with zero attached hydrogens (tertiary/aromatic N) is 2. The van der Waals surface area contributed by atoms with E-state index in [1.807, 2.05) is 24.3 Å². The molecule has 0 aliphatic heterocycles. The van der Waals surface area contributed by atoms with Crippen LogP contribution in [0.15, 0.2) is 48.5 Å². The maximum atomic E-state index is 12.8. The van der Waals surface area contributed by atoms with Gasteiger partial charge in [0.15, 0.2) is 0 Å². The molecule has 34 heavy (non-hydrogen) atoms. The van der Waals surface area contributed by atoms with E-state index in [-0.39, 0.29) is 0 Å². The Kier molecular flexibility index (Phi) is 12.3. The van der Waals surface area contributed by atoms with Crippen molar-refractivity contribution in [3.63, 3.8) is 0 Å². The maximum absolute atomic E-state index is 12.8. The van der Waals surface area contributed by atoms with Crippen LogP contribution in [0, 0.1) is 0 Å². The Bertz CT molecular complexity index is 780. The van der Waals surface area contributed by atoms with Crippen LogP contribution >= 0.6 is 0 Å². The molecule has 186 valence electrons. The standard InChI is InChI=1S/C26H36N2O6/c1-31-17-13-27(14-18-32-2)23-9-5-21(6-10-23)25(29)26(30)22-7-11-24(12-8-22)28(15-19-33-3)16-20-34-4/h5-12H,13-20H2,1-4H3. The SMILES string of the molecule is COCCN(CCOC)c1ccc(C(=O)C(=O)c2ccc(N(CCOC)CCOC)cc2)cc1. The third-order valence-corrected chi connectivity index (χ3v) is 5.46. The normalized spacial score (nSPS) is 10.8. The van der Waals surface area contributed by atoms with Gasteiger partial charge in [-0.05, 0) is 48.5 Å². The van der Waals surface area contributed by atoms with Crippen LogP contribution in [0.1, 0.15) is 20.7 Å². The van der Waals surface area contributed by atoms with Crippen LogP contribution in [0.5, 0.6) is 0 Å². The van der Waals surface area contributed by atoms with E-state index < -0.39 is 11.6 Å². The molecule has 0 amide bonds. The van der Waals surface area contributed by atoms with E-state index in [1.165, 1.54) is 0 Å². The number of rotatable bonds is 17. The first-order valence-electron chi connectivity index (χ1n) is 11.3. The smallest absolute Gasteiger partial charge is 0.233 e. The van der Waals surface area contributed by atoms with Gasteiger partial charge in [-0.3, -0.25) is 9.59 Å². The third-order valence-electron chi connectivity index (χ3n) is 5.46. The molecular weight excluding hydrogens is 436 g/mol. The Morgan fingerprint density at radius 1 is 0.529 bits per heavy atom. The second-order valence-electron chi connectivity index (χ2n) is 7.70. The van der Waals surface area contributed by atoms with Gasteiger partial charge in [-0.1, -0.05) is 0 Å². The summed E-state index contributed by atoms with van der Waals surface area (Å²) in [6.45, 7) is 5.10. The minimum absolute atomic E-state index is 0.359. The summed E-state index contributed by atoms with van der Waals surface area (Å²) in [5, 5.41) is 0. The number of ether oxygens (including phenoxy) is 4. The lowest BCUT2D eigenvalue weighted by Crippen LogP contribution is -2.30. The van der Waals surface area contributed by atoms with Gasteiger partial charge in [-0.2, -0.15) is 0 Å². The number of methoxy groups -OCH3 is 4. The van der Waals surface area contributed by atoms with E-state index in [0.29, 0.717) is 63.7 Å². The molecule has 0 heterocycles. The summed E-state index contributed by atoms with van der Waals surface area (Å²) < 4.78 is 20.7. The van der Waals surface area contributed by atoms with Crippen LogP contribution in [-0.2, 0) is 18.9 Å². The van der Waals surface area contributed by atoms with Crippen molar-refractivity contribution < 1.29 is 28.5 Å². The quantitative estimate of drug-likeness (QED) is 0.257. The van der Waals surface area contributed by atoms with Gasteiger partial charge in [-0.15, -0.1) is 0 Å². The van der Waals surface area contributed by atoms with Gasteiger partial charge >= 0.3 is 0 Å². The minimum Gasteiger partial charge on any atom is -0.383 e. The second kappa shape index (κ2) is 15.2. The molecule has 0 radical (unpaired) electrons. The number of ketones is 2. The molecule has 0 unspecified atom stereocenters. The zero-order chi connectivity index (χ0) is 24.8. The van der Waals surface area contributed by atoms with Crippen LogP contribution in [-0.4, -0.2) is 92.6 Å². The number of Topliss-reactive ketones (excluding diaryl/α,β-unsaturated/α-hetero) is 2. The summed E-state index contributed by atoms with van der Waals surface area (Å²) >= 11 is 0. The second-order valence-corrected chi connectivity index (χ2v) is 7.70. The van der Waals surface area contributed by atoms with Crippen molar-refractivity contribution in [1.82, 2.24) is 0 Å². The largest absolute Gasteiger partial charge is 0.383 e. The van der Waals surface area contributed by atoms with E-state index in [0.717, 1.165) is 11.4 Å². The van der Waals surface area contributed by atoms with Crippen molar-refractivity contribution in [3.8, 4) is 0 Å².